The molecule has 5 nitrogen and oxygen atoms in total. The van der Waals surface area contributed by atoms with Gasteiger partial charge >= 0.3 is 12.1 Å². The topological polar surface area (TPSA) is 55.8 Å². The first-order valence-corrected chi connectivity index (χ1v) is 9.09. The molecule has 0 spiro atoms. The Balaban J connectivity index is 1.89. The number of hydrogen-bond donors (Lipinski definition) is 0. The molecule has 1 aromatic carbocycles. The van der Waals surface area contributed by atoms with E-state index < -0.39 is 12.1 Å². The van der Waals surface area contributed by atoms with Gasteiger partial charge in [0.2, 0.25) is 0 Å². The summed E-state index contributed by atoms with van der Waals surface area (Å²) in [6.07, 6.45) is 1.35. The van der Waals surface area contributed by atoms with Crippen LogP contribution >= 0.6 is 11.8 Å². The van der Waals surface area contributed by atoms with Crippen LogP contribution in [0.4, 0.5) is 4.79 Å². The Morgan fingerprint density at radius 1 is 1.26 bits per heavy atom. The predicted molar refractivity (Wildman–Crippen MR) is 90.3 cm³/mol. The number of esters is 1. The summed E-state index contributed by atoms with van der Waals surface area (Å²) in [4.78, 5) is 26.0. The summed E-state index contributed by atoms with van der Waals surface area (Å²) in [5.41, 5.74) is 0.925. The number of thioether (sulfide) groups is 1. The number of hydrogen-bond acceptors (Lipinski definition) is 5. The van der Waals surface area contributed by atoms with Crippen molar-refractivity contribution in [2.75, 3.05) is 24.7 Å². The molecule has 0 aliphatic carbocycles. The van der Waals surface area contributed by atoms with Gasteiger partial charge in [-0.25, -0.2) is 9.59 Å². The fraction of sp³-hybridized carbons (Fsp3) is 0.529. The van der Waals surface area contributed by atoms with Gasteiger partial charge in [0.15, 0.2) is 0 Å². The van der Waals surface area contributed by atoms with E-state index in [-0.39, 0.29) is 12.6 Å². The molecular formula is C17H23NO4S. The molecule has 1 aliphatic rings. The van der Waals surface area contributed by atoms with Crippen LogP contribution in [0.3, 0.4) is 0 Å². The molecule has 0 aromatic heterocycles. The maximum atomic E-state index is 12.3. The molecule has 0 N–H and O–H groups in total. The number of rotatable bonds is 6. The van der Waals surface area contributed by atoms with Crippen LogP contribution in [0, 0.1) is 0 Å². The van der Waals surface area contributed by atoms with Crippen LogP contribution in [0.25, 0.3) is 0 Å². The van der Waals surface area contributed by atoms with Gasteiger partial charge in [-0.15, -0.1) is 0 Å². The fourth-order valence-corrected chi connectivity index (χ4v) is 3.26. The monoisotopic (exact) mass is 337 g/mol. The first-order chi connectivity index (χ1) is 11.2. The minimum absolute atomic E-state index is 0.209. The van der Waals surface area contributed by atoms with Crippen molar-refractivity contribution in [3.8, 4) is 0 Å². The Labute approximate surface area is 141 Å². The average molecular weight is 337 g/mol. The Morgan fingerprint density at radius 3 is 2.78 bits per heavy atom. The van der Waals surface area contributed by atoms with Crippen molar-refractivity contribution in [2.24, 2.45) is 0 Å². The summed E-state index contributed by atoms with van der Waals surface area (Å²) in [5, 5.41) is 0. The van der Waals surface area contributed by atoms with Gasteiger partial charge in [-0.3, -0.25) is 4.90 Å². The van der Waals surface area contributed by atoms with Gasteiger partial charge in [0, 0.05) is 18.1 Å². The number of nitrogens with zero attached hydrogens (tertiary/aromatic N) is 1. The Morgan fingerprint density at radius 2 is 2.04 bits per heavy atom. The average Bonchev–Trinajstić information content (AvgIpc) is 2.60. The summed E-state index contributed by atoms with van der Waals surface area (Å²) in [7, 11) is 0. The summed E-state index contributed by atoms with van der Waals surface area (Å²) in [5.74, 6) is 1.03. The van der Waals surface area contributed by atoms with Gasteiger partial charge in [0.05, 0.1) is 6.61 Å². The second kappa shape index (κ2) is 9.45. The lowest BCUT2D eigenvalue weighted by Crippen LogP contribution is -2.51. The van der Waals surface area contributed by atoms with E-state index in [2.05, 4.69) is 0 Å². The molecule has 0 saturated carbocycles. The number of carbonyl (C=O) groups is 2. The molecule has 0 bridgehead atoms. The quantitative estimate of drug-likeness (QED) is 0.590. The van der Waals surface area contributed by atoms with Crippen molar-refractivity contribution in [1.82, 2.24) is 4.90 Å². The fourth-order valence-electron chi connectivity index (χ4n) is 2.23. The van der Waals surface area contributed by atoms with Gasteiger partial charge in [0.1, 0.15) is 12.6 Å². The van der Waals surface area contributed by atoms with E-state index in [1.807, 2.05) is 37.3 Å². The van der Waals surface area contributed by atoms with Gasteiger partial charge < -0.3 is 9.47 Å². The van der Waals surface area contributed by atoms with Crippen LogP contribution in [0.1, 0.15) is 25.3 Å². The zero-order valence-corrected chi connectivity index (χ0v) is 14.2. The molecule has 1 fully saturated rings. The van der Waals surface area contributed by atoms with E-state index in [4.69, 9.17) is 9.47 Å². The van der Waals surface area contributed by atoms with E-state index >= 15 is 0 Å². The second-order valence-electron chi connectivity index (χ2n) is 5.35. The molecule has 0 radical (unpaired) electrons. The van der Waals surface area contributed by atoms with Crippen LogP contribution in [-0.2, 0) is 20.9 Å². The predicted octanol–water partition coefficient (Wildman–Crippen LogP) is 3.08. The third-order valence-corrected chi connectivity index (χ3v) is 4.61. The summed E-state index contributed by atoms with van der Waals surface area (Å²) >= 11 is 1.66. The number of amides is 1. The van der Waals surface area contributed by atoms with E-state index in [0.717, 1.165) is 24.2 Å². The van der Waals surface area contributed by atoms with Gasteiger partial charge in [-0.2, -0.15) is 11.8 Å². The lowest BCUT2D eigenvalue weighted by atomic mass is 10.2. The molecular weight excluding hydrogens is 314 g/mol. The van der Waals surface area contributed by atoms with Crippen molar-refractivity contribution in [3.05, 3.63) is 35.9 Å². The molecule has 1 atom stereocenters. The maximum Gasteiger partial charge on any atom is 0.410 e. The van der Waals surface area contributed by atoms with E-state index in [9.17, 15) is 9.59 Å². The Kier molecular flexibility index (Phi) is 7.26. The normalized spacial score (nSPS) is 17.6. The number of ether oxygens (including phenoxy) is 2. The van der Waals surface area contributed by atoms with E-state index in [1.54, 1.807) is 11.8 Å². The molecule has 1 aliphatic heterocycles. The van der Waals surface area contributed by atoms with Crippen molar-refractivity contribution in [3.63, 3.8) is 0 Å². The van der Waals surface area contributed by atoms with Crippen LogP contribution < -0.4 is 0 Å². The first-order valence-electron chi connectivity index (χ1n) is 7.94. The van der Waals surface area contributed by atoms with E-state index in [0.29, 0.717) is 18.9 Å². The zero-order chi connectivity index (χ0) is 16.5. The highest BCUT2D eigenvalue weighted by molar-refractivity contribution is 7.99. The summed E-state index contributed by atoms with van der Waals surface area (Å²) in [6.45, 7) is 3.16. The lowest BCUT2D eigenvalue weighted by Gasteiger charge is -2.32. The SMILES string of the molecule is CCCCOC(=O)[C@@H]1CSCCN1C(=O)OCc1ccccc1. The number of benzene rings is 1. The highest BCUT2D eigenvalue weighted by Gasteiger charge is 2.34. The van der Waals surface area contributed by atoms with Crippen LogP contribution in [0.2, 0.25) is 0 Å². The van der Waals surface area contributed by atoms with Gasteiger partial charge in [-0.05, 0) is 12.0 Å². The van der Waals surface area contributed by atoms with Crippen molar-refractivity contribution < 1.29 is 19.1 Å². The molecule has 1 amide bonds. The molecule has 23 heavy (non-hydrogen) atoms. The van der Waals surface area contributed by atoms with Gasteiger partial charge in [-0.1, -0.05) is 43.7 Å². The van der Waals surface area contributed by atoms with E-state index in [1.165, 1.54) is 4.90 Å². The molecule has 126 valence electrons. The van der Waals surface area contributed by atoms with Gasteiger partial charge in [0.25, 0.3) is 0 Å². The smallest absolute Gasteiger partial charge is 0.410 e. The molecule has 1 heterocycles. The second-order valence-corrected chi connectivity index (χ2v) is 6.50. The Bertz CT molecular complexity index is 509. The number of unbranched alkanes of at least 4 members (excludes halogenated alkanes) is 1. The van der Waals surface area contributed by atoms with Crippen molar-refractivity contribution >= 4 is 23.8 Å². The van der Waals surface area contributed by atoms with Crippen LogP contribution in [-0.4, -0.2) is 47.7 Å². The van der Waals surface area contributed by atoms with Crippen LogP contribution in [0.15, 0.2) is 30.3 Å². The Hall–Kier alpha value is -1.69. The first kappa shape index (κ1) is 17.7. The lowest BCUT2D eigenvalue weighted by molar-refractivity contribution is -0.148. The van der Waals surface area contributed by atoms with Crippen molar-refractivity contribution in [1.29, 1.82) is 0 Å². The highest BCUT2D eigenvalue weighted by atomic mass is 32.2. The number of carbonyl (C=O) groups excluding carboxylic acids is 2. The minimum atomic E-state index is -0.547. The summed E-state index contributed by atoms with van der Waals surface area (Å²) < 4.78 is 10.6. The molecule has 1 aromatic rings. The molecule has 0 unspecified atom stereocenters. The molecule has 2 rings (SSSR count). The van der Waals surface area contributed by atoms with Crippen molar-refractivity contribution in [2.45, 2.75) is 32.4 Å². The highest BCUT2D eigenvalue weighted by Crippen LogP contribution is 2.19. The molecule has 1 saturated heterocycles. The van der Waals surface area contributed by atoms with Crippen LogP contribution in [0.5, 0.6) is 0 Å². The maximum absolute atomic E-state index is 12.3. The largest absolute Gasteiger partial charge is 0.464 e. The minimum Gasteiger partial charge on any atom is -0.464 e. The third kappa shape index (κ3) is 5.46. The third-order valence-electron chi connectivity index (χ3n) is 3.58. The molecule has 6 heteroatoms. The summed E-state index contributed by atoms with van der Waals surface area (Å²) in [6, 6.07) is 8.96. The zero-order valence-electron chi connectivity index (χ0n) is 13.4. The standard InChI is InChI=1S/C17H23NO4S/c1-2-3-10-21-16(19)15-13-23-11-9-18(15)17(20)22-12-14-7-5-4-6-8-14/h4-8,15H,2-3,9-13H2,1H3/t15-/m0/s1.